The van der Waals surface area contributed by atoms with Gasteiger partial charge < -0.3 is 15.4 Å². The molecule has 0 saturated carbocycles. The van der Waals surface area contributed by atoms with E-state index in [2.05, 4.69) is 20.9 Å². The number of methoxy groups -OCH3 is 1. The van der Waals surface area contributed by atoms with Crippen molar-refractivity contribution in [3.63, 3.8) is 0 Å². The standard InChI is InChI=1S/C22H18F4N6O3/c1-35-15-6-7-16(17(23)10-15)20(33)28-8-9-32-12-19(30-31-32)21(34)29-18(11-27)13-2-4-14(5-3-13)22(24,25)26/h2-7,10,12,18H,8-9H2,1H3,(H,28,33)(H,29,34). The molecule has 0 aliphatic carbocycles. The molecule has 0 spiro atoms. The number of alkyl halides is 3. The fourth-order valence-electron chi connectivity index (χ4n) is 2.96. The van der Waals surface area contributed by atoms with Crippen LogP contribution >= 0.6 is 0 Å². The summed E-state index contributed by atoms with van der Waals surface area (Å²) >= 11 is 0. The highest BCUT2D eigenvalue weighted by atomic mass is 19.4. The Morgan fingerprint density at radius 1 is 1.17 bits per heavy atom. The maximum absolute atomic E-state index is 14.0. The summed E-state index contributed by atoms with van der Waals surface area (Å²) in [5, 5.41) is 21.6. The Bertz CT molecular complexity index is 1250. The van der Waals surface area contributed by atoms with Gasteiger partial charge in [0.25, 0.3) is 11.8 Å². The Balaban J connectivity index is 1.55. The second-order valence-electron chi connectivity index (χ2n) is 7.12. The average molecular weight is 490 g/mol. The van der Waals surface area contributed by atoms with E-state index in [-0.39, 0.29) is 35.7 Å². The van der Waals surface area contributed by atoms with Crippen molar-refractivity contribution in [2.24, 2.45) is 0 Å². The first-order valence-electron chi connectivity index (χ1n) is 10.0. The maximum Gasteiger partial charge on any atom is 0.416 e. The van der Waals surface area contributed by atoms with Gasteiger partial charge in [-0.25, -0.2) is 9.07 Å². The van der Waals surface area contributed by atoms with Crippen LogP contribution in [0.2, 0.25) is 0 Å². The molecule has 3 rings (SSSR count). The normalized spacial score (nSPS) is 11.9. The van der Waals surface area contributed by atoms with Crippen LogP contribution in [0.5, 0.6) is 5.75 Å². The lowest BCUT2D eigenvalue weighted by Gasteiger charge is -2.12. The number of rotatable bonds is 8. The van der Waals surface area contributed by atoms with Crippen LogP contribution in [0.4, 0.5) is 17.6 Å². The number of halogens is 4. The van der Waals surface area contributed by atoms with Gasteiger partial charge in [-0.15, -0.1) is 5.10 Å². The monoisotopic (exact) mass is 490 g/mol. The Labute approximate surface area is 196 Å². The molecule has 182 valence electrons. The van der Waals surface area contributed by atoms with E-state index in [9.17, 15) is 32.4 Å². The fourth-order valence-corrected chi connectivity index (χ4v) is 2.96. The zero-order valence-electron chi connectivity index (χ0n) is 18.1. The number of nitriles is 1. The summed E-state index contributed by atoms with van der Waals surface area (Å²) in [7, 11) is 1.37. The number of hydrogen-bond donors (Lipinski definition) is 2. The summed E-state index contributed by atoms with van der Waals surface area (Å²) in [4.78, 5) is 24.5. The summed E-state index contributed by atoms with van der Waals surface area (Å²) in [6, 6.07) is 8.22. The first kappa shape index (κ1) is 25.2. The molecule has 35 heavy (non-hydrogen) atoms. The summed E-state index contributed by atoms with van der Waals surface area (Å²) in [5.74, 6) is -1.91. The number of carbonyl (C=O) groups excluding carboxylic acids is 2. The van der Waals surface area contributed by atoms with Crippen molar-refractivity contribution < 1.29 is 31.9 Å². The van der Waals surface area contributed by atoms with Crippen molar-refractivity contribution in [2.45, 2.75) is 18.8 Å². The van der Waals surface area contributed by atoms with Gasteiger partial charge in [-0.3, -0.25) is 9.59 Å². The van der Waals surface area contributed by atoms with Gasteiger partial charge in [0.2, 0.25) is 0 Å². The van der Waals surface area contributed by atoms with E-state index >= 15 is 0 Å². The number of aromatic nitrogens is 3. The van der Waals surface area contributed by atoms with Crippen LogP contribution in [0, 0.1) is 17.1 Å². The molecule has 0 radical (unpaired) electrons. The summed E-state index contributed by atoms with van der Waals surface area (Å²) < 4.78 is 58.2. The molecule has 2 amide bonds. The van der Waals surface area contributed by atoms with Crippen LogP contribution in [-0.2, 0) is 12.7 Å². The zero-order chi connectivity index (χ0) is 25.6. The highest BCUT2D eigenvalue weighted by molar-refractivity contribution is 5.94. The molecule has 9 nitrogen and oxygen atoms in total. The van der Waals surface area contributed by atoms with E-state index in [0.29, 0.717) is 0 Å². The van der Waals surface area contributed by atoms with Crippen LogP contribution in [0.1, 0.15) is 38.0 Å². The lowest BCUT2D eigenvalue weighted by molar-refractivity contribution is -0.137. The number of carbonyl (C=O) groups is 2. The van der Waals surface area contributed by atoms with Gasteiger partial charge >= 0.3 is 6.18 Å². The minimum Gasteiger partial charge on any atom is -0.497 e. The van der Waals surface area contributed by atoms with Gasteiger partial charge in [-0.1, -0.05) is 17.3 Å². The van der Waals surface area contributed by atoms with E-state index in [1.807, 2.05) is 0 Å². The Kier molecular flexibility index (Phi) is 7.65. The molecule has 0 fully saturated rings. The quantitative estimate of drug-likeness (QED) is 0.469. The number of nitrogens with zero attached hydrogens (tertiary/aromatic N) is 4. The van der Waals surface area contributed by atoms with Gasteiger partial charge in [-0.2, -0.15) is 18.4 Å². The minimum atomic E-state index is -4.52. The second kappa shape index (κ2) is 10.6. The van der Waals surface area contributed by atoms with Gasteiger partial charge in [0, 0.05) is 12.6 Å². The molecule has 1 heterocycles. The number of nitrogens with one attached hydrogen (secondary N) is 2. The predicted molar refractivity (Wildman–Crippen MR) is 113 cm³/mol. The van der Waals surface area contributed by atoms with Crippen molar-refractivity contribution in [1.82, 2.24) is 25.6 Å². The molecule has 0 aliphatic heterocycles. The van der Waals surface area contributed by atoms with E-state index in [0.717, 1.165) is 30.3 Å². The molecular weight excluding hydrogens is 472 g/mol. The van der Waals surface area contributed by atoms with E-state index in [1.54, 1.807) is 6.07 Å². The molecule has 0 aliphatic rings. The summed E-state index contributed by atoms with van der Waals surface area (Å²) in [6.07, 6.45) is -3.26. The Hall–Kier alpha value is -4.47. The summed E-state index contributed by atoms with van der Waals surface area (Å²) in [5.41, 5.74) is -1.04. The lowest BCUT2D eigenvalue weighted by Crippen LogP contribution is -2.28. The van der Waals surface area contributed by atoms with Crippen LogP contribution < -0.4 is 15.4 Å². The van der Waals surface area contributed by atoms with Crippen molar-refractivity contribution in [3.8, 4) is 11.8 Å². The molecule has 1 unspecified atom stereocenters. The van der Waals surface area contributed by atoms with Gasteiger partial charge in [0.1, 0.15) is 17.6 Å². The molecule has 13 heteroatoms. The second-order valence-corrected chi connectivity index (χ2v) is 7.12. The highest BCUT2D eigenvalue weighted by Crippen LogP contribution is 2.29. The Morgan fingerprint density at radius 2 is 1.89 bits per heavy atom. The first-order chi connectivity index (χ1) is 16.6. The molecule has 2 N–H and O–H groups in total. The van der Waals surface area contributed by atoms with Crippen molar-refractivity contribution >= 4 is 11.8 Å². The van der Waals surface area contributed by atoms with Gasteiger partial charge in [0.15, 0.2) is 5.69 Å². The van der Waals surface area contributed by atoms with Crippen LogP contribution in [0.25, 0.3) is 0 Å². The zero-order valence-corrected chi connectivity index (χ0v) is 18.1. The van der Waals surface area contributed by atoms with E-state index in [1.165, 1.54) is 30.1 Å². The molecule has 2 aromatic carbocycles. The predicted octanol–water partition coefficient (Wildman–Crippen LogP) is 2.87. The average Bonchev–Trinajstić information content (AvgIpc) is 3.30. The molecule has 1 atom stereocenters. The lowest BCUT2D eigenvalue weighted by atomic mass is 10.1. The minimum absolute atomic E-state index is 0.0428. The number of hydrogen-bond acceptors (Lipinski definition) is 6. The van der Waals surface area contributed by atoms with Crippen molar-refractivity contribution in [1.29, 1.82) is 5.26 Å². The van der Waals surface area contributed by atoms with E-state index in [4.69, 9.17) is 4.74 Å². The third kappa shape index (κ3) is 6.32. The number of amides is 2. The third-order valence-electron chi connectivity index (χ3n) is 4.79. The molecule has 0 bridgehead atoms. The Morgan fingerprint density at radius 3 is 2.49 bits per heavy atom. The molecule has 1 aromatic heterocycles. The van der Waals surface area contributed by atoms with Gasteiger partial charge in [0.05, 0.1) is 37.0 Å². The first-order valence-corrected chi connectivity index (χ1v) is 10.0. The number of ether oxygens (including phenoxy) is 1. The van der Waals surface area contributed by atoms with E-state index < -0.39 is 35.4 Å². The molecule has 0 saturated heterocycles. The van der Waals surface area contributed by atoms with Crippen molar-refractivity contribution in [2.75, 3.05) is 13.7 Å². The van der Waals surface area contributed by atoms with Crippen molar-refractivity contribution in [3.05, 3.63) is 76.9 Å². The maximum atomic E-state index is 14.0. The summed E-state index contributed by atoms with van der Waals surface area (Å²) in [6.45, 7) is 0.144. The largest absolute Gasteiger partial charge is 0.497 e. The third-order valence-corrected chi connectivity index (χ3v) is 4.79. The fraction of sp³-hybridized carbons (Fsp3) is 0.227. The smallest absolute Gasteiger partial charge is 0.416 e. The van der Waals surface area contributed by atoms with Gasteiger partial charge in [-0.05, 0) is 29.8 Å². The topological polar surface area (TPSA) is 122 Å². The number of benzene rings is 2. The van der Waals surface area contributed by atoms with Crippen LogP contribution in [0.15, 0.2) is 48.7 Å². The highest BCUT2D eigenvalue weighted by Gasteiger charge is 2.30. The molecule has 3 aromatic rings. The van der Waals surface area contributed by atoms with Crippen LogP contribution in [-0.4, -0.2) is 40.5 Å². The van der Waals surface area contributed by atoms with Crippen LogP contribution in [0.3, 0.4) is 0 Å². The SMILES string of the molecule is COc1ccc(C(=O)NCCn2cc(C(=O)NC(C#N)c3ccc(C(F)(F)F)cc3)nn2)c(F)c1. The molecular formula is C22H18F4N6O3.